The van der Waals surface area contributed by atoms with Crippen molar-refractivity contribution in [2.45, 2.75) is 49.6 Å². The van der Waals surface area contributed by atoms with Gasteiger partial charge in [-0.15, -0.1) is 0 Å². The number of primary amides is 1. The van der Waals surface area contributed by atoms with Gasteiger partial charge >= 0.3 is 0 Å². The Morgan fingerprint density at radius 1 is 0.970 bits per heavy atom. The molecular weight excluding hydrogens is 440 g/mol. The van der Waals surface area contributed by atoms with Crippen LogP contribution >= 0.6 is 0 Å². The van der Waals surface area contributed by atoms with Crippen LogP contribution in [0.5, 0.6) is 0 Å². The predicted molar refractivity (Wildman–Crippen MR) is 126 cm³/mol. The zero-order valence-electron chi connectivity index (χ0n) is 18.6. The fourth-order valence-electron chi connectivity index (χ4n) is 4.64. The van der Waals surface area contributed by atoms with Crippen LogP contribution < -0.4 is 11.1 Å². The van der Waals surface area contributed by atoms with Gasteiger partial charge in [0.1, 0.15) is 0 Å². The molecule has 2 amide bonds. The van der Waals surface area contributed by atoms with Crippen LogP contribution in [-0.4, -0.2) is 55.1 Å². The Kier molecular flexibility index (Phi) is 7.11. The molecule has 1 unspecified atom stereocenters. The Labute approximate surface area is 194 Å². The first-order valence-electron chi connectivity index (χ1n) is 11.4. The van der Waals surface area contributed by atoms with Crippen molar-refractivity contribution < 1.29 is 18.0 Å². The number of amides is 2. The number of nitrogens with two attached hydrogens (primary N) is 1. The van der Waals surface area contributed by atoms with Crippen LogP contribution in [0.25, 0.3) is 0 Å². The topological polar surface area (TPSA) is 113 Å². The average molecular weight is 471 g/mol. The highest BCUT2D eigenvalue weighted by molar-refractivity contribution is 7.89. The Bertz CT molecular complexity index is 1130. The predicted octanol–water partition coefficient (Wildman–Crippen LogP) is 2.56. The first-order chi connectivity index (χ1) is 15.9. The van der Waals surface area contributed by atoms with Gasteiger partial charge < -0.3 is 11.1 Å². The van der Waals surface area contributed by atoms with Crippen LogP contribution in [0.3, 0.4) is 0 Å². The normalized spacial score (nSPS) is 19.9. The number of benzene rings is 2. The Balaban J connectivity index is 1.51. The van der Waals surface area contributed by atoms with Crippen molar-refractivity contribution in [1.82, 2.24) is 9.21 Å². The fraction of sp³-hybridized carbons (Fsp3) is 0.417. The molecule has 0 radical (unpaired) electrons. The number of hydrogen-bond donors (Lipinski definition) is 2. The van der Waals surface area contributed by atoms with E-state index >= 15 is 0 Å². The summed E-state index contributed by atoms with van der Waals surface area (Å²) >= 11 is 0. The Morgan fingerprint density at radius 3 is 2.48 bits per heavy atom. The van der Waals surface area contributed by atoms with Gasteiger partial charge in [0.2, 0.25) is 15.9 Å². The summed E-state index contributed by atoms with van der Waals surface area (Å²) in [7, 11) is -3.75. The molecule has 2 aromatic carbocycles. The third kappa shape index (κ3) is 5.26. The molecule has 0 aromatic heterocycles. The molecule has 176 valence electrons. The van der Waals surface area contributed by atoms with Crippen LogP contribution in [0.15, 0.2) is 53.4 Å². The molecular formula is C24H30N4O4S. The number of carbonyl (C=O) groups is 2. The van der Waals surface area contributed by atoms with E-state index in [-0.39, 0.29) is 22.4 Å². The van der Waals surface area contributed by atoms with E-state index in [1.54, 1.807) is 18.2 Å². The van der Waals surface area contributed by atoms with E-state index in [2.05, 4.69) is 5.32 Å². The summed E-state index contributed by atoms with van der Waals surface area (Å²) in [6.45, 7) is 2.30. The van der Waals surface area contributed by atoms with Gasteiger partial charge in [-0.2, -0.15) is 4.31 Å². The third-order valence-corrected chi connectivity index (χ3v) is 8.28. The van der Waals surface area contributed by atoms with Crippen LogP contribution in [0.4, 0.5) is 5.69 Å². The number of nitrogens with one attached hydrogen (secondary N) is 1. The largest absolute Gasteiger partial charge is 0.368 e. The third-order valence-electron chi connectivity index (χ3n) is 6.33. The number of sulfonamides is 1. The first-order valence-corrected chi connectivity index (χ1v) is 12.8. The molecule has 2 aromatic rings. The van der Waals surface area contributed by atoms with Crippen LogP contribution in [-0.2, 0) is 21.4 Å². The molecule has 0 saturated carbocycles. The van der Waals surface area contributed by atoms with Crippen molar-refractivity contribution in [3.05, 3.63) is 59.7 Å². The minimum atomic E-state index is -3.75. The summed E-state index contributed by atoms with van der Waals surface area (Å²) < 4.78 is 27.9. The smallest absolute Gasteiger partial charge is 0.257 e. The molecule has 4 rings (SSSR count). The van der Waals surface area contributed by atoms with Crippen molar-refractivity contribution in [2.24, 2.45) is 5.73 Å². The Morgan fingerprint density at radius 2 is 1.73 bits per heavy atom. The lowest BCUT2D eigenvalue weighted by molar-refractivity contribution is -0.122. The van der Waals surface area contributed by atoms with Gasteiger partial charge in [0.15, 0.2) is 0 Å². The first kappa shape index (κ1) is 23.4. The van der Waals surface area contributed by atoms with Crippen LogP contribution in [0.1, 0.15) is 48.0 Å². The molecule has 2 aliphatic heterocycles. The number of hydrogen-bond acceptors (Lipinski definition) is 5. The van der Waals surface area contributed by atoms with E-state index in [0.717, 1.165) is 44.2 Å². The maximum absolute atomic E-state index is 13.2. The van der Waals surface area contributed by atoms with E-state index in [1.165, 1.54) is 16.4 Å². The van der Waals surface area contributed by atoms with Gasteiger partial charge in [0.25, 0.3) is 5.91 Å². The molecule has 3 N–H and O–H groups in total. The highest BCUT2D eigenvalue weighted by atomic mass is 32.2. The number of carbonyl (C=O) groups excluding carboxylic acids is 2. The van der Waals surface area contributed by atoms with E-state index < -0.39 is 15.9 Å². The number of piperidine rings is 1. The maximum Gasteiger partial charge on any atom is 0.257 e. The monoisotopic (exact) mass is 470 g/mol. The summed E-state index contributed by atoms with van der Waals surface area (Å²) in [6.07, 6.45) is 4.35. The number of likely N-dealkylation sites (tertiary alicyclic amines) is 1. The van der Waals surface area contributed by atoms with E-state index in [1.807, 2.05) is 23.1 Å². The second-order valence-electron chi connectivity index (χ2n) is 8.65. The van der Waals surface area contributed by atoms with Crippen LogP contribution in [0, 0.1) is 0 Å². The second kappa shape index (κ2) is 10.0. The lowest BCUT2D eigenvalue weighted by Crippen LogP contribution is -2.39. The van der Waals surface area contributed by atoms with Crippen molar-refractivity contribution in [3.8, 4) is 0 Å². The molecule has 2 heterocycles. The summed E-state index contributed by atoms with van der Waals surface area (Å²) in [5.74, 6) is -0.789. The highest BCUT2D eigenvalue weighted by Crippen LogP contribution is 2.25. The number of anilines is 1. The quantitative estimate of drug-likeness (QED) is 0.646. The average Bonchev–Trinajstić information content (AvgIpc) is 3.28. The maximum atomic E-state index is 13.2. The zero-order valence-corrected chi connectivity index (χ0v) is 19.4. The second-order valence-corrected chi connectivity index (χ2v) is 10.6. The van der Waals surface area contributed by atoms with Gasteiger partial charge in [-0.1, -0.05) is 30.7 Å². The highest BCUT2D eigenvalue weighted by Gasteiger charge is 2.30. The van der Waals surface area contributed by atoms with Gasteiger partial charge in [-0.3, -0.25) is 14.5 Å². The van der Waals surface area contributed by atoms with Crippen molar-refractivity contribution >= 4 is 27.5 Å². The SMILES string of the molecule is NC(=O)C1CCCN1Cc1cccc(NC(=O)c2ccccc2S(=O)(=O)N2CCCCC2)c1. The standard InChI is InChI=1S/C24H30N4O4S/c25-23(29)21-11-7-13-27(21)17-18-8-6-9-19(16-18)26-24(30)20-10-2-3-12-22(20)33(31,32)28-14-4-1-5-15-28/h2-3,6,8-10,12,16,21H,1,4-5,7,11,13-15,17H2,(H2,25,29)(H,26,30). The molecule has 0 aliphatic carbocycles. The molecule has 2 aliphatic rings. The molecule has 8 nitrogen and oxygen atoms in total. The lowest BCUT2D eigenvalue weighted by Gasteiger charge is -2.26. The van der Waals surface area contributed by atoms with Crippen molar-refractivity contribution in [1.29, 1.82) is 0 Å². The summed E-state index contributed by atoms with van der Waals surface area (Å²) in [6, 6.07) is 13.4. The van der Waals surface area contributed by atoms with Gasteiger partial charge in [-0.05, 0) is 62.1 Å². The van der Waals surface area contributed by atoms with Crippen molar-refractivity contribution in [2.75, 3.05) is 25.0 Å². The molecule has 0 bridgehead atoms. The fourth-order valence-corrected chi connectivity index (χ4v) is 6.35. The summed E-state index contributed by atoms with van der Waals surface area (Å²) in [5.41, 5.74) is 7.15. The van der Waals surface area contributed by atoms with Crippen molar-refractivity contribution in [3.63, 3.8) is 0 Å². The zero-order chi connectivity index (χ0) is 23.4. The molecule has 1 atom stereocenters. The van der Waals surface area contributed by atoms with Crippen LogP contribution in [0.2, 0.25) is 0 Å². The minimum Gasteiger partial charge on any atom is -0.368 e. The Hall–Kier alpha value is -2.75. The van der Waals surface area contributed by atoms with E-state index in [0.29, 0.717) is 25.3 Å². The van der Waals surface area contributed by atoms with Gasteiger partial charge in [0.05, 0.1) is 16.5 Å². The molecule has 2 saturated heterocycles. The lowest BCUT2D eigenvalue weighted by atomic mass is 10.1. The number of nitrogens with zero attached hydrogens (tertiary/aromatic N) is 2. The molecule has 9 heteroatoms. The van der Waals surface area contributed by atoms with E-state index in [9.17, 15) is 18.0 Å². The minimum absolute atomic E-state index is 0.0296. The molecule has 2 fully saturated rings. The molecule has 0 spiro atoms. The van der Waals surface area contributed by atoms with E-state index in [4.69, 9.17) is 5.73 Å². The number of rotatable bonds is 7. The van der Waals surface area contributed by atoms with Gasteiger partial charge in [-0.25, -0.2) is 8.42 Å². The summed E-state index contributed by atoms with van der Waals surface area (Å²) in [4.78, 5) is 26.8. The molecule has 33 heavy (non-hydrogen) atoms. The van der Waals surface area contributed by atoms with Gasteiger partial charge in [0, 0.05) is 25.3 Å². The summed E-state index contributed by atoms with van der Waals surface area (Å²) in [5, 5.41) is 2.84.